The van der Waals surface area contributed by atoms with Crippen molar-refractivity contribution in [1.82, 2.24) is 9.62 Å². The number of nitrogens with zero attached hydrogens (tertiary/aromatic N) is 1. The van der Waals surface area contributed by atoms with Gasteiger partial charge in [-0.3, -0.25) is 14.4 Å². The largest absolute Gasteiger partial charge is 0.454 e. The first-order valence-electron chi connectivity index (χ1n) is 11.8. The monoisotopic (exact) mass is 498 g/mol. The van der Waals surface area contributed by atoms with Crippen LogP contribution in [0, 0.1) is 0 Å². The zero-order valence-corrected chi connectivity index (χ0v) is 20.6. The molecule has 2 aliphatic rings. The van der Waals surface area contributed by atoms with Gasteiger partial charge >= 0.3 is 5.97 Å². The molecule has 1 N–H and O–H groups in total. The van der Waals surface area contributed by atoms with E-state index in [4.69, 9.17) is 4.74 Å². The van der Waals surface area contributed by atoms with Crippen LogP contribution < -0.4 is 5.32 Å². The van der Waals surface area contributed by atoms with Gasteiger partial charge in [0.05, 0.1) is 4.90 Å². The molecule has 1 unspecified atom stereocenters. The number of Topliss-reactive ketones (excluding diaryl/α,β-unsaturated/α-hetero) is 1. The van der Waals surface area contributed by atoms with Gasteiger partial charge in [0.25, 0.3) is 5.91 Å². The van der Waals surface area contributed by atoms with E-state index in [2.05, 4.69) is 5.32 Å². The second-order valence-corrected chi connectivity index (χ2v) is 11.1. The molecule has 9 heteroatoms. The SMILES string of the molecule is CC(=O)c1ccc(S(=O)(=O)N2CCCCC2C(=O)OCC(=O)NCC2(c3ccccc3)CC2)cc1. The zero-order valence-electron chi connectivity index (χ0n) is 19.7. The Morgan fingerprint density at radius 1 is 1.03 bits per heavy atom. The minimum atomic E-state index is -3.97. The van der Waals surface area contributed by atoms with E-state index in [9.17, 15) is 22.8 Å². The molecule has 1 aliphatic heterocycles. The lowest BCUT2D eigenvalue weighted by molar-refractivity contribution is -0.153. The van der Waals surface area contributed by atoms with Gasteiger partial charge in [0.2, 0.25) is 10.0 Å². The molecule has 35 heavy (non-hydrogen) atoms. The third-order valence-electron chi connectivity index (χ3n) is 6.80. The summed E-state index contributed by atoms with van der Waals surface area (Å²) >= 11 is 0. The number of esters is 1. The van der Waals surface area contributed by atoms with Crippen molar-refractivity contribution in [3.05, 3.63) is 65.7 Å². The molecule has 0 bridgehead atoms. The van der Waals surface area contributed by atoms with Crippen molar-refractivity contribution in [2.45, 2.75) is 55.4 Å². The smallest absolute Gasteiger partial charge is 0.324 e. The van der Waals surface area contributed by atoms with Gasteiger partial charge in [0, 0.05) is 24.1 Å². The molecule has 0 spiro atoms. The fourth-order valence-electron chi connectivity index (χ4n) is 4.49. The van der Waals surface area contributed by atoms with Crippen LogP contribution in [0.2, 0.25) is 0 Å². The van der Waals surface area contributed by atoms with Crippen molar-refractivity contribution in [2.24, 2.45) is 0 Å². The highest BCUT2D eigenvalue weighted by molar-refractivity contribution is 7.89. The number of carbonyl (C=O) groups is 3. The Balaban J connectivity index is 1.35. The zero-order chi connectivity index (χ0) is 25.1. The summed E-state index contributed by atoms with van der Waals surface area (Å²) in [5.74, 6) is -1.30. The van der Waals surface area contributed by atoms with Gasteiger partial charge in [-0.15, -0.1) is 0 Å². The number of sulfonamides is 1. The van der Waals surface area contributed by atoms with Gasteiger partial charge in [-0.1, -0.05) is 42.5 Å². The average molecular weight is 499 g/mol. The predicted octanol–water partition coefficient (Wildman–Crippen LogP) is 2.82. The number of carbonyl (C=O) groups excluding carboxylic acids is 3. The second-order valence-electron chi connectivity index (χ2n) is 9.24. The first kappa shape index (κ1) is 25.1. The number of ketones is 1. The molecule has 1 aliphatic carbocycles. The molecular weight excluding hydrogens is 468 g/mol. The second kappa shape index (κ2) is 10.3. The summed E-state index contributed by atoms with van der Waals surface area (Å²) in [5.41, 5.74) is 1.52. The van der Waals surface area contributed by atoms with E-state index < -0.39 is 34.5 Å². The van der Waals surface area contributed by atoms with Crippen LogP contribution in [0.5, 0.6) is 0 Å². The summed E-state index contributed by atoms with van der Waals surface area (Å²) in [6.07, 6.45) is 3.60. The molecule has 1 amide bonds. The molecule has 2 aromatic carbocycles. The number of hydrogen-bond acceptors (Lipinski definition) is 6. The molecule has 1 heterocycles. The Hall–Kier alpha value is -3.04. The first-order chi connectivity index (χ1) is 16.7. The van der Waals surface area contributed by atoms with Gasteiger partial charge in [-0.2, -0.15) is 4.31 Å². The number of nitrogens with one attached hydrogen (secondary N) is 1. The van der Waals surface area contributed by atoms with Crippen molar-refractivity contribution >= 4 is 27.7 Å². The summed E-state index contributed by atoms with van der Waals surface area (Å²) in [5, 5.41) is 2.85. The van der Waals surface area contributed by atoms with E-state index in [1.165, 1.54) is 36.8 Å². The fourth-order valence-corrected chi connectivity index (χ4v) is 6.13. The van der Waals surface area contributed by atoms with Gasteiger partial charge in [0.1, 0.15) is 6.04 Å². The Morgan fingerprint density at radius 3 is 2.34 bits per heavy atom. The maximum atomic E-state index is 13.2. The Kier molecular flexibility index (Phi) is 7.37. The molecular formula is C26H30N2O6S. The van der Waals surface area contributed by atoms with Gasteiger partial charge in [-0.25, -0.2) is 8.42 Å². The maximum Gasteiger partial charge on any atom is 0.324 e. The van der Waals surface area contributed by atoms with Crippen LogP contribution in [0.25, 0.3) is 0 Å². The number of rotatable bonds is 9. The molecule has 1 saturated carbocycles. The molecule has 2 aromatic rings. The van der Waals surface area contributed by atoms with Crippen LogP contribution in [-0.4, -0.2) is 56.1 Å². The minimum Gasteiger partial charge on any atom is -0.454 e. The number of amides is 1. The topological polar surface area (TPSA) is 110 Å². The standard InChI is InChI=1S/C26H30N2O6S/c1-19(29)20-10-12-22(13-11-20)35(32,33)28-16-6-5-9-23(28)25(31)34-17-24(30)27-18-26(14-15-26)21-7-3-2-4-8-21/h2-4,7-8,10-13,23H,5-6,9,14-18H2,1H3,(H,27,30). The Labute approximate surface area is 205 Å². The van der Waals surface area contributed by atoms with E-state index in [0.29, 0.717) is 31.4 Å². The van der Waals surface area contributed by atoms with Crippen LogP contribution in [0.15, 0.2) is 59.5 Å². The molecule has 4 rings (SSSR count). The Bertz CT molecular complexity index is 1190. The maximum absolute atomic E-state index is 13.2. The highest BCUT2D eigenvalue weighted by atomic mass is 32.2. The van der Waals surface area contributed by atoms with Gasteiger partial charge < -0.3 is 10.1 Å². The van der Waals surface area contributed by atoms with E-state index in [0.717, 1.165) is 17.1 Å². The lowest BCUT2D eigenvalue weighted by Gasteiger charge is -2.33. The molecule has 8 nitrogen and oxygen atoms in total. The minimum absolute atomic E-state index is 0.00980. The summed E-state index contributed by atoms with van der Waals surface area (Å²) < 4.78 is 32.9. The number of piperidine rings is 1. The number of benzene rings is 2. The van der Waals surface area contributed by atoms with Crippen LogP contribution in [-0.2, 0) is 29.8 Å². The number of hydrogen-bond donors (Lipinski definition) is 1. The normalized spacial score (nSPS) is 19.5. The van der Waals surface area contributed by atoms with Gasteiger partial charge in [0.15, 0.2) is 12.4 Å². The Morgan fingerprint density at radius 2 is 1.71 bits per heavy atom. The summed E-state index contributed by atoms with van der Waals surface area (Å²) in [6.45, 7) is 1.60. The summed E-state index contributed by atoms with van der Waals surface area (Å²) in [7, 11) is -3.97. The molecule has 1 saturated heterocycles. The van der Waals surface area contributed by atoms with Crippen LogP contribution in [0.3, 0.4) is 0 Å². The van der Waals surface area contributed by atoms with Crippen molar-refractivity contribution in [3.8, 4) is 0 Å². The van der Waals surface area contributed by atoms with Crippen LogP contribution >= 0.6 is 0 Å². The van der Waals surface area contributed by atoms with Crippen LogP contribution in [0.4, 0.5) is 0 Å². The lowest BCUT2D eigenvalue weighted by Crippen LogP contribution is -2.49. The van der Waals surface area contributed by atoms with E-state index >= 15 is 0 Å². The first-order valence-corrected chi connectivity index (χ1v) is 13.3. The van der Waals surface area contributed by atoms with E-state index in [-0.39, 0.29) is 22.6 Å². The van der Waals surface area contributed by atoms with E-state index in [1.807, 2.05) is 30.3 Å². The third kappa shape index (κ3) is 5.62. The summed E-state index contributed by atoms with van der Waals surface area (Å²) in [6, 6.07) is 14.7. The highest BCUT2D eigenvalue weighted by Crippen LogP contribution is 2.47. The van der Waals surface area contributed by atoms with Gasteiger partial charge in [-0.05, 0) is 56.7 Å². The molecule has 0 radical (unpaired) electrons. The quantitative estimate of drug-likeness (QED) is 0.421. The highest BCUT2D eigenvalue weighted by Gasteiger charge is 2.44. The molecule has 1 atom stereocenters. The molecule has 0 aromatic heterocycles. The van der Waals surface area contributed by atoms with Crippen molar-refractivity contribution in [3.63, 3.8) is 0 Å². The van der Waals surface area contributed by atoms with Crippen molar-refractivity contribution < 1.29 is 27.5 Å². The average Bonchev–Trinajstić information content (AvgIpc) is 3.68. The lowest BCUT2D eigenvalue weighted by atomic mass is 9.96. The van der Waals surface area contributed by atoms with Crippen molar-refractivity contribution in [1.29, 1.82) is 0 Å². The van der Waals surface area contributed by atoms with Crippen molar-refractivity contribution in [2.75, 3.05) is 19.7 Å². The predicted molar refractivity (Wildman–Crippen MR) is 129 cm³/mol. The molecule has 2 fully saturated rings. The molecule has 186 valence electrons. The third-order valence-corrected chi connectivity index (χ3v) is 8.72. The van der Waals surface area contributed by atoms with Crippen LogP contribution in [0.1, 0.15) is 54.9 Å². The fraction of sp³-hybridized carbons (Fsp3) is 0.423. The summed E-state index contributed by atoms with van der Waals surface area (Å²) in [4.78, 5) is 36.7. The van der Waals surface area contributed by atoms with E-state index in [1.54, 1.807) is 0 Å². The number of ether oxygens (including phenoxy) is 1.